The van der Waals surface area contributed by atoms with Crippen LogP contribution in [0.25, 0.3) is 22.3 Å². The molecule has 0 aliphatic carbocycles. The molecule has 4 rings (SSSR count). The summed E-state index contributed by atoms with van der Waals surface area (Å²) in [4.78, 5) is 38.1. The van der Waals surface area contributed by atoms with Gasteiger partial charge in [-0.15, -0.1) is 0 Å². The number of benzene rings is 1. The van der Waals surface area contributed by atoms with E-state index in [9.17, 15) is 19.8 Å². The van der Waals surface area contributed by atoms with Gasteiger partial charge in [-0.05, 0) is 24.3 Å². The molecule has 1 saturated heterocycles. The number of carboxylic acid groups (broad SMARTS) is 2. The Labute approximate surface area is 159 Å². The summed E-state index contributed by atoms with van der Waals surface area (Å²) in [7, 11) is 0. The fraction of sp³-hybridized carbons (Fsp3) is 0.211. The molecule has 2 N–H and O–H groups in total. The molecule has 1 aliphatic heterocycles. The lowest BCUT2D eigenvalue weighted by atomic mass is 10.0. The van der Waals surface area contributed by atoms with E-state index in [1.807, 2.05) is 0 Å². The zero-order valence-corrected chi connectivity index (χ0v) is 14.7. The Morgan fingerprint density at radius 3 is 2.43 bits per heavy atom. The van der Waals surface area contributed by atoms with E-state index in [1.54, 1.807) is 18.2 Å². The first kappa shape index (κ1) is 17.8. The number of carboxylic acids is 2. The van der Waals surface area contributed by atoms with E-state index >= 15 is 0 Å². The number of aromatic nitrogens is 3. The normalized spacial score (nSPS) is 14.2. The first-order valence-electron chi connectivity index (χ1n) is 8.60. The van der Waals surface area contributed by atoms with E-state index in [4.69, 9.17) is 4.74 Å². The molecular weight excluding hydrogens is 364 g/mol. The minimum atomic E-state index is -1.31. The second kappa shape index (κ2) is 7.20. The number of hydrogen-bond donors (Lipinski definition) is 2. The van der Waals surface area contributed by atoms with Crippen LogP contribution in [0.2, 0.25) is 0 Å². The molecule has 1 fully saturated rings. The molecule has 3 heterocycles. The molecule has 2 aromatic heterocycles. The zero-order valence-electron chi connectivity index (χ0n) is 14.7. The molecule has 1 aromatic carbocycles. The maximum absolute atomic E-state index is 11.5. The van der Waals surface area contributed by atoms with Gasteiger partial charge in [0, 0.05) is 18.7 Å². The molecule has 0 unspecified atom stereocenters. The number of nitrogens with zero attached hydrogens (tertiary/aromatic N) is 4. The highest BCUT2D eigenvalue weighted by atomic mass is 16.5. The topological polar surface area (TPSA) is 126 Å². The highest BCUT2D eigenvalue weighted by molar-refractivity contribution is 6.02. The fourth-order valence-electron chi connectivity index (χ4n) is 3.16. The fourth-order valence-corrected chi connectivity index (χ4v) is 3.16. The van der Waals surface area contributed by atoms with Gasteiger partial charge in [0.2, 0.25) is 0 Å². The summed E-state index contributed by atoms with van der Waals surface area (Å²) >= 11 is 0. The first-order valence-corrected chi connectivity index (χ1v) is 8.60. The number of carbonyl (C=O) groups is 2. The van der Waals surface area contributed by atoms with Crippen LogP contribution in [0, 0.1) is 0 Å². The van der Waals surface area contributed by atoms with Crippen molar-refractivity contribution in [1.82, 2.24) is 15.0 Å². The second-order valence-corrected chi connectivity index (χ2v) is 6.23. The van der Waals surface area contributed by atoms with Gasteiger partial charge in [0.05, 0.1) is 35.6 Å². The van der Waals surface area contributed by atoms with Crippen molar-refractivity contribution in [3.8, 4) is 11.3 Å². The summed E-state index contributed by atoms with van der Waals surface area (Å²) in [6.45, 7) is 2.58. The molecule has 0 atom stereocenters. The molecule has 0 spiro atoms. The Kier molecular flexibility index (Phi) is 4.58. The molecule has 9 heteroatoms. The number of fused-ring (bicyclic) bond motifs is 1. The van der Waals surface area contributed by atoms with Gasteiger partial charge in [0.1, 0.15) is 11.8 Å². The Balaban J connectivity index is 1.82. The summed E-state index contributed by atoms with van der Waals surface area (Å²) in [5, 5.41) is 18.5. The van der Waals surface area contributed by atoms with Gasteiger partial charge >= 0.3 is 11.9 Å². The summed E-state index contributed by atoms with van der Waals surface area (Å²) in [5.74, 6) is -1.91. The van der Waals surface area contributed by atoms with Crippen LogP contribution in [0.5, 0.6) is 0 Å². The van der Waals surface area contributed by atoms with E-state index < -0.39 is 11.9 Å². The quantitative estimate of drug-likeness (QED) is 0.698. The largest absolute Gasteiger partial charge is 0.478 e. The van der Waals surface area contributed by atoms with Crippen LogP contribution in [0.4, 0.5) is 5.82 Å². The second-order valence-electron chi connectivity index (χ2n) is 6.23. The van der Waals surface area contributed by atoms with E-state index in [0.29, 0.717) is 54.4 Å². The highest BCUT2D eigenvalue weighted by Gasteiger charge is 2.19. The van der Waals surface area contributed by atoms with Crippen LogP contribution >= 0.6 is 0 Å². The van der Waals surface area contributed by atoms with Crippen molar-refractivity contribution < 1.29 is 24.5 Å². The molecule has 9 nitrogen and oxygen atoms in total. The van der Waals surface area contributed by atoms with Gasteiger partial charge in [0.15, 0.2) is 5.82 Å². The van der Waals surface area contributed by atoms with Crippen molar-refractivity contribution in [2.45, 2.75) is 0 Å². The molecule has 1 aliphatic rings. The first-order chi connectivity index (χ1) is 13.5. The van der Waals surface area contributed by atoms with Gasteiger partial charge in [0.25, 0.3) is 0 Å². The maximum atomic E-state index is 11.5. The predicted molar refractivity (Wildman–Crippen MR) is 99.7 cm³/mol. The zero-order chi connectivity index (χ0) is 19.7. The molecule has 142 valence electrons. The molecule has 0 bridgehead atoms. The summed E-state index contributed by atoms with van der Waals surface area (Å²) in [6, 6.07) is 7.65. The van der Waals surface area contributed by atoms with E-state index in [0.717, 1.165) is 0 Å². The smallest absolute Gasteiger partial charge is 0.336 e. The van der Waals surface area contributed by atoms with Gasteiger partial charge < -0.3 is 19.8 Å². The standard InChI is InChI=1S/C19H16N4O5/c24-18(25)12-2-1-11(9-13(12)19(26)27)14-3-4-15-16(22-14)17(21-10-20-15)23-5-7-28-8-6-23/h1-4,9-10H,5-8H2,(H,24,25)(H,26,27). The number of morpholine rings is 1. The van der Waals surface area contributed by atoms with Crippen molar-refractivity contribution >= 4 is 28.8 Å². The molecular formula is C19H16N4O5. The van der Waals surface area contributed by atoms with Crippen LogP contribution in [0.15, 0.2) is 36.7 Å². The average Bonchev–Trinajstić information content (AvgIpc) is 2.73. The molecule has 0 radical (unpaired) electrons. The third-order valence-electron chi connectivity index (χ3n) is 4.55. The monoisotopic (exact) mass is 380 g/mol. The van der Waals surface area contributed by atoms with Crippen molar-refractivity contribution in [3.63, 3.8) is 0 Å². The van der Waals surface area contributed by atoms with Crippen LogP contribution in [-0.2, 0) is 4.74 Å². The van der Waals surface area contributed by atoms with E-state index in [2.05, 4.69) is 19.9 Å². The minimum Gasteiger partial charge on any atom is -0.478 e. The third-order valence-corrected chi connectivity index (χ3v) is 4.55. The number of aromatic carboxylic acids is 2. The number of rotatable bonds is 4. The molecule has 0 saturated carbocycles. The summed E-state index contributed by atoms with van der Waals surface area (Å²) in [5.41, 5.74) is 1.72. The average molecular weight is 380 g/mol. The molecule has 0 amide bonds. The number of hydrogen-bond acceptors (Lipinski definition) is 7. The van der Waals surface area contributed by atoms with Crippen LogP contribution in [0.3, 0.4) is 0 Å². The van der Waals surface area contributed by atoms with Crippen LogP contribution in [0.1, 0.15) is 20.7 Å². The van der Waals surface area contributed by atoms with Gasteiger partial charge in [-0.2, -0.15) is 0 Å². The van der Waals surface area contributed by atoms with Gasteiger partial charge in [-0.3, -0.25) is 0 Å². The lowest BCUT2D eigenvalue weighted by Crippen LogP contribution is -2.37. The Bertz CT molecular complexity index is 1080. The Morgan fingerprint density at radius 2 is 1.71 bits per heavy atom. The highest BCUT2D eigenvalue weighted by Crippen LogP contribution is 2.27. The van der Waals surface area contributed by atoms with Crippen LogP contribution < -0.4 is 4.90 Å². The summed E-state index contributed by atoms with van der Waals surface area (Å²) in [6.07, 6.45) is 1.48. The molecule has 28 heavy (non-hydrogen) atoms. The summed E-state index contributed by atoms with van der Waals surface area (Å²) < 4.78 is 5.38. The Hall–Kier alpha value is -3.59. The number of anilines is 1. The van der Waals surface area contributed by atoms with Crippen molar-refractivity contribution in [3.05, 3.63) is 47.8 Å². The maximum Gasteiger partial charge on any atom is 0.336 e. The van der Waals surface area contributed by atoms with Crippen molar-refractivity contribution in [2.24, 2.45) is 0 Å². The van der Waals surface area contributed by atoms with E-state index in [1.165, 1.54) is 18.5 Å². The lowest BCUT2D eigenvalue weighted by Gasteiger charge is -2.28. The van der Waals surface area contributed by atoms with Crippen LogP contribution in [-0.4, -0.2) is 63.4 Å². The lowest BCUT2D eigenvalue weighted by molar-refractivity contribution is 0.0651. The van der Waals surface area contributed by atoms with Crippen molar-refractivity contribution in [1.29, 1.82) is 0 Å². The number of pyridine rings is 1. The molecule has 3 aromatic rings. The van der Waals surface area contributed by atoms with Crippen molar-refractivity contribution in [2.75, 3.05) is 31.2 Å². The van der Waals surface area contributed by atoms with Gasteiger partial charge in [-0.25, -0.2) is 24.5 Å². The Morgan fingerprint density at radius 1 is 0.964 bits per heavy atom. The minimum absolute atomic E-state index is 0.269. The SMILES string of the molecule is O=C(O)c1ccc(-c2ccc3ncnc(N4CCOCC4)c3n2)cc1C(=O)O. The number of ether oxygens (including phenoxy) is 1. The predicted octanol–water partition coefficient (Wildman–Crippen LogP) is 1.92. The third kappa shape index (κ3) is 3.23. The van der Waals surface area contributed by atoms with E-state index in [-0.39, 0.29) is 11.1 Å². The van der Waals surface area contributed by atoms with Gasteiger partial charge in [-0.1, -0.05) is 6.07 Å².